The molecule has 0 amide bonds. The molecule has 7 aromatic rings. The number of carboxylic acid groups (broad SMARTS) is 3. The first-order valence-corrected chi connectivity index (χ1v) is 11.0. The molecule has 6 N–H and O–H groups in total. The molecule has 36 heavy (non-hydrogen) atoms. The van der Waals surface area contributed by atoms with Gasteiger partial charge in [-0.2, -0.15) is 0 Å². The fourth-order valence-corrected chi connectivity index (χ4v) is 5.33. The first-order chi connectivity index (χ1) is 17.3. The average molecular weight is 477 g/mol. The number of rotatable bonds is 3. The predicted molar refractivity (Wildman–Crippen MR) is 135 cm³/mol. The van der Waals surface area contributed by atoms with Gasteiger partial charge in [-0.05, 0) is 36.4 Å². The summed E-state index contributed by atoms with van der Waals surface area (Å²) in [5.41, 5.74) is 4.60. The zero-order chi connectivity index (χ0) is 24.9. The number of hydrogen-bond acceptors (Lipinski definition) is 3. The van der Waals surface area contributed by atoms with Crippen molar-refractivity contribution < 1.29 is 29.7 Å². The lowest BCUT2D eigenvalue weighted by Crippen LogP contribution is -1.94. The second-order valence-corrected chi connectivity index (χ2v) is 8.82. The first-order valence-electron chi connectivity index (χ1n) is 11.0. The Balaban J connectivity index is 1.75. The second kappa shape index (κ2) is 6.63. The molecule has 0 fully saturated rings. The molecule has 174 valence electrons. The molecule has 0 aliphatic heterocycles. The lowest BCUT2D eigenvalue weighted by Gasteiger charge is -2.01. The fourth-order valence-electron chi connectivity index (χ4n) is 5.33. The van der Waals surface area contributed by atoms with Crippen molar-refractivity contribution in [3.05, 3.63) is 71.3 Å². The van der Waals surface area contributed by atoms with E-state index in [0.717, 1.165) is 48.9 Å². The van der Waals surface area contributed by atoms with Gasteiger partial charge < -0.3 is 30.3 Å². The minimum Gasteiger partial charge on any atom is -0.478 e. The Morgan fingerprint density at radius 2 is 0.806 bits per heavy atom. The zero-order valence-corrected chi connectivity index (χ0v) is 18.3. The highest BCUT2D eigenvalue weighted by Gasteiger charge is 2.22. The van der Waals surface area contributed by atoms with Gasteiger partial charge in [0.15, 0.2) is 0 Å². The van der Waals surface area contributed by atoms with Crippen LogP contribution in [0.3, 0.4) is 0 Å². The minimum atomic E-state index is -1.04. The van der Waals surface area contributed by atoms with Gasteiger partial charge in [-0.15, -0.1) is 0 Å². The van der Waals surface area contributed by atoms with Crippen molar-refractivity contribution in [1.82, 2.24) is 15.0 Å². The van der Waals surface area contributed by atoms with Gasteiger partial charge in [0.05, 0.1) is 33.2 Å². The van der Waals surface area contributed by atoms with Gasteiger partial charge in [0.1, 0.15) is 0 Å². The van der Waals surface area contributed by atoms with Crippen LogP contribution >= 0.6 is 0 Å². The molecule has 0 atom stereocenters. The predicted octanol–water partition coefficient (Wildman–Crippen LogP) is 5.68. The number of hydrogen-bond donors (Lipinski definition) is 6. The zero-order valence-electron chi connectivity index (χ0n) is 18.3. The molecule has 3 heterocycles. The third-order valence-electron chi connectivity index (χ3n) is 6.89. The molecule has 9 heteroatoms. The smallest absolute Gasteiger partial charge is 0.335 e. The van der Waals surface area contributed by atoms with Crippen molar-refractivity contribution in [1.29, 1.82) is 0 Å². The molecule has 0 saturated heterocycles. The lowest BCUT2D eigenvalue weighted by atomic mass is 10.00. The van der Waals surface area contributed by atoms with Crippen molar-refractivity contribution in [2.24, 2.45) is 0 Å². The van der Waals surface area contributed by atoms with Crippen molar-refractivity contribution in [3.8, 4) is 0 Å². The summed E-state index contributed by atoms with van der Waals surface area (Å²) in [7, 11) is 0. The lowest BCUT2D eigenvalue weighted by molar-refractivity contribution is 0.0686. The molecule has 0 aliphatic rings. The largest absolute Gasteiger partial charge is 0.478 e. The summed E-state index contributed by atoms with van der Waals surface area (Å²) < 4.78 is 0. The normalized spacial score (nSPS) is 12.0. The van der Waals surface area contributed by atoms with Crippen LogP contribution in [0.1, 0.15) is 31.1 Å². The van der Waals surface area contributed by atoms with Gasteiger partial charge in [-0.3, -0.25) is 0 Å². The molecule has 4 aromatic carbocycles. The molecule has 0 aliphatic carbocycles. The van der Waals surface area contributed by atoms with Crippen molar-refractivity contribution in [3.63, 3.8) is 0 Å². The summed E-state index contributed by atoms with van der Waals surface area (Å²) >= 11 is 0. The van der Waals surface area contributed by atoms with E-state index in [4.69, 9.17) is 0 Å². The van der Waals surface area contributed by atoms with Gasteiger partial charge in [0.2, 0.25) is 0 Å². The van der Waals surface area contributed by atoms with Crippen LogP contribution in [0.2, 0.25) is 0 Å². The fraction of sp³-hybridized carbons (Fsp3) is 0. The Kier molecular flexibility index (Phi) is 3.70. The minimum absolute atomic E-state index is 0.145. The quantitative estimate of drug-likeness (QED) is 0.192. The highest BCUT2D eigenvalue weighted by Crippen LogP contribution is 2.44. The molecule has 0 spiro atoms. The number of aromatic amines is 3. The maximum absolute atomic E-state index is 11.6. The number of fused-ring (bicyclic) bond motifs is 12. The van der Waals surface area contributed by atoms with Crippen LogP contribution in [0.25, 0.3) is 65.4 Å². The Hall–Kier alpha value is -5.31. The van der Waals surface area contributed by atoms with Gasteiger partial charge in [-0.1, -0.05) is 18.2 Å². The van der Waals surface area contributed by atoms with E-state index >= 15 is 0 Å². The summed E-state index contributed by atoms with van der Waals surface area (Å²) in [6.45, 7) is 0. The van der Waals surface area contributed by atoms with E-state index in [1.165, 1.54) is 0 Å². The number of benzene rings is 4. The highest BCUT2D eigenvalue weighted by atomic mass is 16.4. The molecular weight excluding hydrogens is 462 g/mol. The Bertz CT molecular complexity index is 2140. The van der Waals surface area contributed by atoms with Crippen LogP contribution in [-0.2, 0) is 0 Å². The van der Waals surface area contributed by atoms with Gasteiger partial charge in [0, 0.05) is 48.9 Å². The summed E-state index contributed by atoms with van der Waals surface area (Å²) in [6.07, 6.45) is 0. The average Bonchev–Trinajstić information content (AvgIpc) is 3.53. The van der Waals surface area contributed by atoms with Gasteiger partial charge in [0.25, 0.3) is 0 Å². The van der Waals surface area contributed by atoms with Crippen LogP contribution in [-0.4, -0.2) is 48.2 Å². The summed E-state index contributed by atoms with van der Waals surface area (Å²) in [5.74, 6) is -3.11. The topological polar surface area (TPSA) is 159 Å². The van der Waals surface area contributed by atoms with E-state index in [-0.39, 0.29) is 16.7 Å². The van der Waals surface area contributed by atoms with E-state index in [0.29, 0.717) is 16.6 Å². The maximum atomic E-state index is 11.6. The first kappa shape index (κ1) is 20.1. The number of carboxylic acids is 3. The molecule has 0 bridgehead atoms. The molecule has 0 saturated carbocycles. The number of nitrogens with one attached hydrogen (secondary N) is 3. The third kappa shape index (κ3) is 2.51. The monoisotopic (exact) mass is 477 g/mol. The van der Waals surface area contributed by atoms with E-state index < -0.39 is 17.9 Å². The number of aromatic nitrogens is 3. The Labute approximate surface area is 199 Å². The van der Waals surface area contributed by atoms with Crippen molar-refractivity contribution >= 4 is 83.3 Å². The molecule has 7 rings (SSSR count). The number of H-pyrrole nitrogens is 3. The van der Waals surface area contributed by atoms with Crippen LogP contribution in [0.15, 0.2) is 54.6 Å². The van der Waals surface area contributed by atoms with Crippen LogP contribution < -0.4 is 0 Å². The number of carbonyl (C=O) groups is 3. The molecule has 9 nitrogen and oxygen atoms in total. The Morgan fingerprint density at radius 3 is 1.22 bits per heavy atom. The summed E-state index contributed by atoms with van der Waals surface area (Å²) in [6, 6.07) is 14.7. The van der Waals surface area contributed by atoms with Crippen molar-refractivity contribution in [2.45, 2.75) is 0 Å². The van der Waals surface area contributed by atoms with Crippen LogP contribution in [0, 0.1) is 0 Å². The molecular formula is C27H15N3O6. The molecule has 0 unspecified atom stereocenters. The Morgan fingerprint density at radius 1 is 0.472 bits per heavy atom. The standard InChI is InChI=1S/C27H15N3O6/c31-25(32)10-1-4-13-16(7-10)28-22-19(13)20-14-5-2-11(26(33)34)8-17(14)29-23(20)24-21(22)15-6-3-12(27(35)36)9-18(15)30-24/h1-9,28-30H,(H,31,32)(H,33,34)(H,35,36). The van der Waals surface area contributed by atoms with Gasteiger partial charge >= 0.3 is 17.9 Å². The highest BCUT2D eigenvalue weighted by molar-refractivity contribution is 6.39. The van der Waals surface area contributed by atoms with Crippen LogP contribution in [0.4, 0.5) is 0 Å². The van der Waals surface area contributed by atoms with E-state index in [9.17, 15) is 29.7 Å². The van der Waals surface area contributed by atoms with Gasteiger partial charge in [-0.25, -0.2) is 14.4 Å². The SMILES string of the molecule is O=C(O)c1ccc2c(c1)[nH]c1c3[nH]c4cc(C(=O)O)ccc4c3c3c4ccc(C(=O)O)cc4[nH]c3c21. The van der Waals surface area contributed by atoms with Crippen LogP contribution in [0.5, 0.6) is 0 Å². The summed E-state index contributed by atoms with van der Waals surface area (Å²) in [5, 5.41) is 33.4. The van der Waals surface area contributed by atoms with E-state index in [1.54, 1.807) is 54.6 Å². The third-order valence-corrected chi connectivity index (χ3v) is 6.89. The molecule has 3 aromatic heterocycles. The van der Waals surface area contributed by atoms with E-state index in [2.05, 4.69) is 15.0 Å². The second-order valence-electron chi connectivity index (χ2n) is 8.82. The summed E-state index contributed by atoms with van der Waals surface area (Å²) in [4.78, 5) is 44.9. The van der Waals surface area contributed by atoms with Crippen molar-refractivity contribution in [2.75, 3.05) is 0 Å². The number of aromatic carboxylic acids is 3. The maximum Gasteiger partial charge on any atom is 0.335 e. The van der Waals surface area contributed by atoms with E-state index in [1.807, 2.05) is 0 Å². The molecule has 0 radical (unpaired) electrons.